The van der Waals surface area contributed by atoms with Crippen LogP contribution < -0.4 is 0 Å². The van der Waals surface area contributed by atoms with Gasteiger partial charge in [0.05, 0.1) is 13.7 Å². The monoisotopic (exact) mass is 464 g/mol. The molecule has 4 rings (SSSR count). The van der Waals surface area contributed by atoms with Crippen LogP contribution in [0, 0.1) is 11.8 Å². The van der Waals surface area contributed by atoms with Crippen LogP contribution in [-0.4, -0.2) is 42.3 Å². The van der Waals surface area contributed by atoms with Crippen LogP contribution in [0.5, 0.6) is 0 Å². The lowest BCUT2D eigenvalue weighted by molar-refractivity contribution is -0.146. The van der Waals surface area contributed by atoms with E-state index in [4.69, 9.17) is 9.84 Å². The molecule has 6 heteroatoms. The Morgan fingerprint density at radius 1 is 0.970 bits per heavy atom. The van der Waals surface area contributed by atoms with E-state index in [1.165, 1.54) is 23.3 Å². The highest BCUT2D eigenvalue weighted by Gasteiger charge is 2.25. The molecular weight excluding hydrogens is 432 g/mol. The van der Waals surface area contributed by atoms with Gasteiger partial charge in [-0.3, -0.25) is 4.68 Å². The van der Waals surface area contributed by atoms with Gasteiger partial charge in [-0.25, -0.2) is 4.79 Å². The molecule has 3 aromatic rings. The first-order valence-electron chi connectivity index (χ1n) is 11.6. The molecule has 1 heterocycles. The molecule has 174 valence electrons. The van der Waals surface area contributed by atoms with Gasteiger partial charge in [-0.2, -0.15) is 5.10 Å². The standard InChI is InChI=1S/C27H32N2O3S/c1-31-24(30)19-32-18-21-15-13-20(14-16-21)17-29-27(33-2)25(22-9-5-3-6-10-22)26(28-29)23-11-7-4-8-12-23/h3-12,20-21H,13-19H2,1-2H3. The SMILES string of the molecule is COC(=O)COCC1CCC(Cn2nc(-c3ccccc3)c(-c3ccccc3)c2SC)CC1. The van der Waals surface area contributed by atoms with Crippen LogP contribution in [-0.2, 0) is 20.8 Å². The van der Waals surface area contributed by atoms with Crippen LogP contribution in [0.3, 0.4) is 0 Å². The third kappa shape index (κ3) is 5.87. The summed E-state index contributed by atoms with van der Waals surface area (Å²) in [5.41, 5.74) is 4.63. The molecule has 1 aliphatic carbocycles. The third-order valence-electron chi connectivity index (χ3n) is 6.41. The Morgan fingerprint density at radius 3 is 2.18 bits per heavy atom. The summed E-state index contributed by atoms with van der Waals surface area (Å²) < 4.78 is 12.4. The van der Waals surface area contributed by atoms with E-state index in [0.717, 1.165) is 43.5 Å². The van der Waals surface area contributed by atoms with Gasteiger partial charge in [-0.1, -0.05) is 60.7 Å². The first kappa shape index (κ1) is 23.6. The molecular formula is C27H32N2O3S. The Kier molecular flexibility index (Phi) is 8.24. The van der Waals surface area contributed by atoms with E-state index in [9.17, 15) is 4.79 Å². The average Bonchev–Trinajstić information content (AvgIpc) is 3.24. The molecule has 33 heavy (non-hydrogen) atoms. The number of hydrogen-bond acceptors (Lipinski definition) is 5. The molecule has 0 atom stereocenters. The number of aromatic nitrogens is 2. The van der Waals surface area contributed by atoms with Crippen LogP contribution in [0.2, 0.25) is 0 Å². The van der Waals surface area contributed by atoms with Crippen LogP contribution in [0.1, 0.15) is 25.7 Å². The first-order chi connectivity index (χ1) is 16.2. The van der Waals surface area contributed by atoms with Crippen molar-refractivity contribution >= 4 is 17.7 Å². The molecule has 0 unspecified atom stereocenters. The van der Waals surface area contributed by atoms with Crippen molar-refractivity contribution in [2.24, 2.45) is 11.8 Å². The Labute approximate surface area is 200 Å². The van der Waals surface area contributed by atoms with Crippen LogP contribution in [0.15, 0.2) is 65.7 Å². The zero-order valence-electron chi connectivity index (χ0n) is 19.4. The predicted molar refractivity (Wildman–Crippen MR) is 133 cm³/mol. The van der Waals surface area contributed by atoms with Gasteiger partial charge in [0.15, 0.2) is 0 Å². The van der Waals surface area contributed by atoms with Gasteiger partial charge in [-0.15, -0.1) is 11.8 Å². The topological polar surface area (TPSA) is 53.4 Å². The number of esters is 1. The smallest absolute Gasteiger partial charge is 0.331 e. The summed E-state index contributed by atoms with van der Waals surface area (Å²) in [6.45, 7) is 1.61. The number of benzene rings is 2. The molecule has 0 amide bonds. The van der Waals surface area contributed by atoms with E-state index < -0.39 is 0 Å². The maximum absolute atomic E-state index is 11.2. The van der Waals surface area contributed by atoms with Crippen LogP contribution in [0.25, 0.3) is 22.4 Å². The molecule has 5 nitrogen and oxygen atoms in total. The van der Waals surface area contributed by atoms with Crippen molar-refractivity contribution < 1.29 is 14.3 Å². The molecule has 0 spiro atoms. The van der Waals surface area contributed by atoms with Gasteiger partial charge in [0.1, 0.15) is 17.3 Å². The lowest BCUT2D eigenvalue weighted by atomic mass is 9.82. The van der Waals surface area contributed by atoms with E-state index in [1.807, 2.05) is 6.07 Å². The quantitative estimate of drug-likeness (QED) is 0.290. The van der Waals surface area contributed by atoms with E-state index in [-0.39, 0.29) is 12.6 Å². The number of nitrogens with zero attached hydrogens (tertiary/aromatic N) is 2. The number of hydrogen-bond donors (Lipinski definition) is 0. The summed E-state index contributed by atoms with van der Waals surface area (Å²) in [6, 6.07) is 21.1. The lowest BCUT2D eigenvalue weighted by Gasteiger charge is -2.28. The maximum atomic E-state index is 11.2. The summed E-state index contributed by atoms with van der Waals surface area (Å²) in [5, 5.41) is 6.36. The molecule has 1 saturated carbocycles. The second-order valence-electron chi connectivity index (χ2n) is 8.63. The maximum Gasteiger partial charge on any atom is 0.331 e. The highest BCUT2D eigenvalue weighted by molar-refractivity contribution is 7.98. The molecule has 0 saturated heterocycles. The van der Waals surface area contributed by atoms with Crippen molar-refractivity contribution in [1.29, 1.82) is 0 Å². The number of carbonyl (C=O) groups excluding carboxylic acids is 1. The Morgan fingerprint density at radius 2 is 1.58 bits per heavy atom. The Hall–Kier alpha value is -2.57. The molecule has 0 N–H and O–H groups in total. The average molecular weight is 465 g/mol. The zero-order valence-corrected chi connectivity index (χ0v) is 20.2. The highest BCUT2D eigenvalue weighted by Crippen LogP contribution is 2.40. The van der Waals surface area contributed by atoms with E-state index in [0.29, 0.717) is 18.4 Å². The molecule has 0 bridgehead atoms. The minimum atomic E-state index is -0.310. The van der Waals surface area contributed by atoms with E-state index in [2.05, 4.69) is 70.3 Å². The van der Waals surface area contributed by atoms with Gasteiger partial charge < -0.3 is 9.47 Å². The van der Waals surface area contributed by atoms with Crippen molar-refractivity contribution in [2.45, 2.75) is 37.3 Å². The minimum Gasteiger partial charge on any atom is -0.467 e. The molecule has 1 fully saturated rings. The second-order valence-corrected chi connectivity index (χ2v) is 9.42. The summed E-state index contributed by atoms with van der Waals surface area (Å²) in [4.78, 5) is 11.2. The number of ether oxygens (including phenoxy) is 2. The van der Waals surface area contributed by atoms with Crippen molar-refractivity contribution in [3.05, 3.63) is 60.7 Å². The highest BCUT2D eigenvalue weighted by atomic mass is 32.2. The van der Waals surface area contributed by atoms with Gasteiger partial charge in [-0.05, 0) is 49.3 Å². The second kappa shape index (κ2) is 11.5. The first-order valence-corrected chi connectivity index (χ1v) is 12.8. The molecule has 0 radical (unpaired) electrons. The van der Waals surface area contributed by atoms with Crippen molar-refractivity contribution in [3.8, 4) is 22.4 Å². The number of rotatable bonds is 9. The summed E-state index contributed by atoms with van der Waals surface area (Å²) >= 11 is 1.77. The fourth-order valence-electron chi connectivity index (χ4n) is 4.63. The van der Waals surface area contributed by atoms with Crippen molar-refractivity contribution in [2.75, 3.05) is 26.6 Å². The van der Waals surface area contributed by atoms with Gasteiger partial charge in [0.2, 0.25) is 0 Å². The Bertz CT molecular complexity index is 1030. The fourth-order valence-corrected chi connectivity index (χ4v) is 5.38. The minimum absolute atomic E-state index is 0.0469. The van der Waals surface area contributed by atoms with Crippen molar-refractivity contribution in [1.82, 2.24) is 9.78 Å². The molecule has 1 aliphatic rings. The summed E-state index contributed by atoms with van der Waals surface area (Å²) in [7, 11) is 1.39. The number of carbonyl (C=O) groups is 1. The van der Waals surface area contributed by atoms with Crippen LogP contribution in [0.4, 0.5) is 0 Å². The number of methoxy groups -OCH3 is 1. The Balaban J connectivity index is 1.50. The third-order valence-corrected chi connectivity index (χ3v) is 7.21. The van der Waals surface area contributed by atoms with Gasteiger partial charge in [0, 0.05) is 17.7 Å². The summed E-state index contributed by atoms with van der Waals surface area (Å²) in [6.07, 6.45) is 6.70. The van der Waals surface area contributed by atoms with E-state index in [1.54, 1.807) is 11.8 Å². The van der Waals surface area contributed by atoms with Gasteiger partial charge >= 0.3 is 5.97 Å². The van der Waals surface area contributed by atoms with Crippen molar-refractivity contribution in [3.63, 3.8) is 0 Å². The lowest BCUT2D eigenvalue weighted by Crippen LogP contribution is -2.23. The van der Waals surface area contributed by atoms with Gasteiger partial charge in [0.25, 0.3) is 0 Å². The zero-order chi connectivity index (χ0) is 23.0. The van der Waals surface area contributed by atoms with Crippen LogP contribution >= 0.6 is 11.8 Å². The fraction of sp³-hybridized carbons (Fsp3) is 0.407. The molecule has 2 aromatic carbocycles. The number of thioether (sulfide) groups is 1. The largest absolute Gasteiger partial charge is 0.467 e. The predicted octanol–water partition coefficient (Wildman–Crippen LogP) is 5.94. The summed E-state index contributed by atoms with van der Waals surface area (Å²) in [5.74, 6) is 0.804. The normalized spacial score (nSPS) is 18.2. The molecule has 1 aromatic heterocycles. The molecule has 0 aliphatic heterocycles. The van der Waals surface area contributed by atoms with E-state index >= 15 is 0 Å².